The van der Waals surface area contributed by atoms with E-state index in [4.69, 9.17) is 4.74 Å². The van der Waals surface area contributed by atoms with Gasteiger partial charge in [0.2, 0.25) is 0 Å². The summed E-state index contributed by atoms with van der Waals surface area (Å²) in [4.78, 5) is 14.2. The fourth-order valence-corrected chi connectivity index (χ4v) is 3.71. The van der Waals surface area contributed by atoms with E-state index in [1.54, 1.807) is 0 Å². The average Bonchev–Trinajstić information content (AvgIpc) is 3.04. The first-order valence-corrected chi connectivity index (χ1v) is 9.14. The molecule has 134 valence electrons. The van der Waals surface area contributed by atoms with Crippen molar-refractivity contribution in [3.05, 3.63) is 0 Å². The van der Waals surface area contributed by atoms with E-state index >= 15 is 0 Å². The van der Waals surface area contributed by atoms with E-state index in [1.807, 2.05) is 25.7 Å². The van der Waals surface area contributed by atoms with Gasteiger partial charge in [-0.05, 0) is 59.8 Å². The number of nitrogens with zero attached hydrogens (tertiary/aromatic N) is 1. The summed E-state index contributed by atoms with van der Waals surface area (Å²) in [6, 6.07) is 0.526. The Kier molecular flexibility index (Phi) is 5.95. The molecule has 1 aliphatic heterocycles. The van der Waals surface area contributed by atoms with Crippen LogP contribution in [0.3, 0.4) is 0 Å². The molecule has 0 spiro atoms. The highest BCUT2D eigenvalue weighted by atomic mass is 16.6. The Balaban J connectivity index is 1.79. The molecule has 0 radical (unpaired) electrons. The van der Waals surface area contributed by atoms with Crippen molar-refractivity contribution in [2.24, 2.45) is 0 Å². The lowest BCUT2D eigenvalue weighted by atomic mass is 10.0. The van der Waals surface area contributed by atoms with Gasteiger partial charge in [-0.3, -0.25) is 0 Å². The maximum atomic E-state index is 12.3. The number of hydrogen-bond acceptors (Lipinski definition) is 4. The van der Waals surface area contributed by atoms with Gasteiger partial charge in [0.15, 0.2) is 0 Å². The molecule has 0 aromatic rings. The fourth-order valence-electron chi connectivity index (χ4n) is 3.71. The van der Waals surface area contributed by atoms with Gasteiger partial charge in [0.1, 0.15) is 5.60 Å². The first-order valence-electron chi connectivity index (χ1n) is 9.14. The Morgan fingerprint density at radius 2 is 2.00 bits per heavy atom. The second kappa shape index (κ2) is 7.39. The number of hydrogen-bond donors (Lipinski definition) is 2. The lowest BCUT2D eigenvalue weighted by Crippen LogP contribution is -2.45. The highest BCUT2D eigenvalue weighted by molar-refractivity contribution is 5.68. The lowest BCUT2D eigenvalue weighted by molar-refractivity contribution is 0.0202. The van der Waals surface area contributed by atoms with Crippen molar-refractivity contribution >= 4 is 6.09 Å². The highest BCUT2D eigenvalue weighted by Gasteiger charge is 2.34. The highest BCUT2D eigenvalue weighted by Crippen LogP contribution is 2.29. The molecule has 2 rings (SSSR count). The molecular weight excluding hydrogens is 292 g/mol. The number of likely N-dealkylation sites (tertiary alicyclic amines) is 1. The molecular formula is C18H34N2O3. The summed E-state index contributed by atoms with van der Waals surface area (Å²) in [5.74, 6) is 0. The number of nitrogens with one attached hydrogen (secondary N) is 1. The smallest absolute Gasteiger partial charge is 0.410 e. The van der Waals surface area contributed by atoms with Crippen LogP contribution >= 0.6 is 0 Å². The lowest BCUT2D eigenvalue weighted by Gasteiger charge is -2.31. The van der Waals surface area contributed by atoms with Crippen molar-refractivity contribution in [1.82, 2.24) is 10.2 Å². The summed E-state index contributed by atoms with van der Waals surface area (Å²) in [6.07, 6.45) is 6.86. The van der Waals surface area contributed by atoms with Gasteiger partial charge in [-0.15, -0.1) is 0 Å². The number of amides is 1. The van der Waals surface area contributed by atoms with Gasteiger partial charge in [0.05, 0.1) is 5.60 Å². The van der Waals surface area contributed by atoms with Gasteiger partial charge < -0.3 is 20.1 Å². The third-order valence-corrected chi connectivity index (χ3v) is 4.94. The van der Waals surface area contributed by atoms with Crippen molar-refractivity contribution in [3.8, 4) is 0 Å². The first kappa shape index (κ1) is 18.5. The number of rotatable bonds is 5. The molecule has 1 saturated carbocycles. The maximum absolute atomic E-state index is 12.3. The zero-order valence-electron chi connectivity index (χ0n) is 15.2. The number of carbonyl (C=O) groups excluding carboxylic acids is 1. The Morgan fingerprint density at radius 3 is 2.61 bits per heavy atom. The van der Waals surface area contributed by atoms with Crippen molar-refractivity contribution in [3.63, 3.8) is 0 Å². The summed E-state index contributed by atoms with van der Waals surface area (Å²) in [5, 5.41) is 13.9. The molecule has 5 nitrogen and oxygen atoms in total. The van der Waals surface area contributed by atoms with Crippen LogP contribution in [0, 0.1) is 0 Å². The van der Waals surface area contributed by atoms with Crippen LogP contribution < -0.4 is 5.32 Å². The largest absolute Gasteiger partial charge is 0.444 e. The van der Waals surface area contributed by atoms with Gasteiger partial charge in [-0.2, -0.15) is 0 Å². The molecule has 2 atom stereocenters. The molecule has 1 amide bonds. The van der Waals surface area contributed by atoms with E-state index in [-0.39, 0.29) is 18.2 Å². The van der Waals surface area contributed by atoms with Crippen LogP contribution in [0.4, 0.5) is 4.79 Å². The van der Waals surface area contributed by atoms with E-state index in [2.05, 4.69) is 12.2 Å². The SMILES string of the molecule is CC(CC1CCCN1C(=O)OC(C)(C)C)NCC1(O)CCCC1. The van der Waals surface area contributed by atoms with Gasteiger partial charge in [0, 0.05) is 25.2 Å². The molecule has 1 aliphatic carbocycles. The molecule has 0 bridgehead atoms. The number of ether oxygens (including phenoxy) is 1. The molecule has 1 saturated heterocycles. The van der Waals surface area contributed by atoms with Crippen LogP contribution in [0.5, 0.6) is 0 Å². The summed E-state index contributed by atoms with van der Waals surface area (Å²) < 4.78 is 5.52. The Morgan fingerprint density at radius 1 is 1.35 bits per heavy atom. The van der Waals surface area contributed by atoms with Gasteiger partial charge in [-0.1, -0.05) is 12.8 Å². The summed E-state index contributed by atoms with van der Waals surface area (Å²) in [5.41, 5.74) is -0.964. The summed E-state index contributed by atoms with van der Waals surface area (Å²) in [7, 11) is 0. The van der Waals surface area contributed by atoms with Crippen molar-refractivity contribution < 1.29 is 14.6 Å². The van der Waals surface area contributed by atoms with E-state index < -0.39 is 11.2 Å². The van der Waals surface area contributed by atoms with Crippen LogP contribution in [-0.4, -0.2) is 52.5 Å². The molecule has 2 fully saturated rings. The average molecular weight is 326 g/mol. The predicted molar refractivity (Wildman–Crippen MR) is 91.5 cm³/mol. The Bertz CT molecular complexity index is 400. The zero-order chi connectivity index (χ0) is 17.1. The molecule has 2 aliphatic rings. The summed E-state index contributed by atoms with van der Waals surface area (Å²) in [6.45, 7) is 9.31. The van der Waals surface area contributed by atoms with Crippen molar-refractivity contribution in [1.29, 1.82) is 0 Å². The summed E-state index contributed by atoms with van der Waals surface area (Å²) >= 11 is 0. The maximum Gasteiger partial charge on any atom is 0.410 e. The standard InChI is InChI=1S/C18H34N2O3/c1-14(19-13-18(22)9-5-6-10-18)12-15-8-7-11-20(15)16(21)23-17(2,3)4/h14-15,19,22H,5-13H2,1-4H3. The molecule has 1 heterocycles. The first-order chi connectivity index (χ1) is 10.7. The van der Waals surface area contributed by atoms with E-state index in [0.29, 0.717) is 6.54 Å². The second-order valence-electron chi connectivity index (χ2n) is 8.42. The van der Waals surface area contributed by atoms with Crippen LogP contribution in [0.2, 0.25) is 0 Å². The number of carbonyl (C=O) groups is 1. The molecule has 0 aromatic carbocycles. The van der Waals surface area contributed by atoms with Crippen LogP contribution in [0.1, 0.15) is 72.6 Å². The molecule has 5 heteroatoms. The monoisotopic (exact) mass is 326 g/mol. The minimum atomic E-state index is -0.519. The van der Waals surface area contributed by atoms with Crippen LogP contribution in [0.15, 0.2) is 0 Å². The Hall–Kier alpha value is -0.810. The van der Waals surface area contributed by atoms with E-state index in [9.17, 15) is 9.90 Å². The van der Waals surface area contributed by atoms with Gasteiger partial charge in [0.25, 0.3) is 0 Å². The van der Waals surface area contributed by atoms with E-state index in [1.165, 1.54) is 0 Å². The minimum Gasteiger partial charge on any atom is -0.444 e. The van der Waals surface area contributed by atoms with Gasteiger partial charge >= 0.3 is 6.09 Å². The second-order valence-corrected chi connectivity index (χ2v) is 8.42. The van der Waals surface area contributed by atoms with Crippen LogP contribution in [0.25, 0.3) is 0 Å². The third kappa shape index (κ3) is 5.64. The minimum absolute atomic E-state index is 0.193. The molecule has 2 unspecified atom stereocenters. The normalized spacial score (nSPS) is 25.6. The predicted octanol–water partition coefficient (Wildman–Crippen LogP) is 3.06. The van der Waals surface area contributed by atoms with Crippen LogP contribution in [-0.2, 0) is 4.74 Å². The molecule has 23 heavy (non-hydrogen) atoms. The van der Waals surface area contributed by atoms with E-state index in [0.717, 1.165) is 51.5 Å². The van der Waals surface area contributed by atoms with Crippen molar-refractivity contribution in [2.45, 2.75) is 95.9 Å². The number of aliphatic hydroxyl groups is 1. The topological polar surface area (TPSA) is 61.8 Å². The molecule has 0 aromatic heterocycles. The Labute approximate surface area is 140 Å². The third-order valence-electron chi connectivity index (χ3n) is 4.94. The quantitative estimate of drug-likeness (QED) is 0.815. The fraction of sp³-hybridized carbons (Fsp3) is 0.944. The van der Waals surface area contributed by atoms with Gasteiger partial charge in [-0.25, -0.2) is 4.79 Å². The van der Waals surface area contributed by atoms with Crippen molar-refractivity contribution in [2.75, 3.05) is 13.1 Å². The molecule has 2 N–H and O–H groups in total. The zero-order valence-corrected chi connectivity index (χ0v) is 15.2.